The van der Waals surface area contributed by atoms with Crippen molar-refractivity contribution in [3.63, 3.8) is 0 Å². The summed E-state index contributed by atoms with van der Waals surface area (Å²) in [6.45, 7) is -1.60. The van der Waals surface area contributed by atoms with Gasteiger partial charge in [-0.05, 0) is 0 Å². The first-order valence-electron chi connectivity index (χ1n) is 15.3. The summed E-state index contributed by atoms with van der Waals surface area (Å²) in [5, 5.41) is 114. The number of carbonyl (C=O) groups is 2. The second-order valence-corrected chi connectivity index (χ2v) is 13.1. The van der Waals surface area contributed by atoms with Crippen LogP contribution in [0.4, 0.5) is 0 Å². The molecule has 0 aromatic carbocycles. The van der Waals surface area contributed by atoms with E-state index in [0.29, 0.717) is 11.8 Å². The van der Waals surface area contributed by atoms with Crippen LogP contribution < -0.4 is 0 Å². The number of hydrogen-bond donors (Lipinski definition) is 11. The van der Waals surface area contributed by atoms with E-state index in [9.17, 15) is 65.8 Å². The summed E-state index contributed by atoms with van der Waals surface area (Å²) in [6.07, 6.45) is -31.2. The molecule has 0 amide bonds. The number of ether oxygens (including phenoxy) is 9. The highest BCUT2D eigenvalue weighted by Gasteiger charge is 2.57. The zero-order chi connectivity index (χ0) is 37.2. The summed E-state index contributed by atoms with van der Waals surface area (Å²) in [5.74, 6) is -3.36. The SMILES string of the molecule is COC1OC(CO)C(O)C(OC2OC(C(=O)O)C(O)C(SC3OC(CO)C(O)C(OC4OC(C(=O)O)C(O)C(OC)C4O)C3O)C2O)C1OC. The van der Waals surface area contributed by atoms with Gasteiger partial charge in [-0.1, -0.05) is 0 Å². The third-order valence-electron chi connectivity index (χ3n) is 8.84. The summed E-state index contributed by atoms with van der Waals surface area (Å²) >= 11 is 0.426. The van der Waals surface area contributed by atoms with E-state index in [1.807, 2.05) is 0 Å². The predicted octanol–water partition coefficient (Wildman–Crippen LogP) is -6.89. The monoisotopic (exact) mass is 752 g/mol. The van der Waals surface area contributed by atoms with Gasteiger partial charge >= 0.3 is 11.9 Å². The Bertz CT molecular complexity index is 1120. The Kier molecular flexibility index (Phi) is 14.5. The number of carboxylic acid groups (broad SMARTS) is 2. The molecule has 0 aromatic rings. The molecular weight excluding hydrogens is 708 g/mol. The van der Waals surface area contributed by atoms with E-state index in [2.05, 4.69) is 0 Å². The first kappa shape index (κ1) is 41.3. The second-order valence-electron chi connectivity index (χ2n) is 11.9. The zero-order valence-corrected chi connectivity index (χ0v) is 27.6. The van der Waals surface area contributed by atoms with Crippen LogP contribution in [0.25, 0.3) is 0 Å². The highest BCUT2D eigenvalue weighted by atomic mass is 32.2. The maximum Gasteiger partial charge on any atom is 0.335 e. The molecule has 4 rings (SSSR count). The maximum atomic E-state index is 12.1. The number of aliphatic hydroxyl groups excluding tert-OH is 9. The fourth-order valence-electron chi connectivity index (χ4n) is 6.17. The first-order chi connectivity index (χ1) is 23.6. The smallest absolute Gasteiger partial charge is 0.335 e. The van der Waals surface area contributed by atoms with Crippen molar-refractivity contribution in [2.24, 2.45) is 0 Å². The predicted molar refractivity (Wildman–Crippen MR) is 156 cm³/mol. The summed E-state index contributed by atoms with van der Waals surface area (Å²) in [5.41, 5.74) is -1.65. The Labute approximate surface area is 287 Å². The zero-order valence-electron chi connectivity index (χ0n) is 26.8. The van der Waals surface area contributed by atoms with Crippen molar-refractivity contribution < 1.29 is 108 Å². The van der Waals surface area contributed by atoms with Crippen molar-refractivity contribution >= 4 is 23.7 Å². The van der Waals surface area contributed by atoms with Crippen molar-refractivity contribution in [3.05, 3.63) is 0 Å². The maximum absolute atomic E-state index is 12.1. The summed E-state index contributed by atoms with van der Waals surface area (Å²) in [6, 6.07) is 0. The molecule has 50 heavy (non-hydrogen) atoms. The van der Waals surface area contributed by atoms with E-state index >= 15 is 0 Å². The Morgan fingerprint density at radius 1 is 0.540 bits per heavy atom. The lowest BCUT2D eigenvalue weighted by Crippen LogP contribution is -2.66. The Morgan fingerprint density at radius 2 is 1.04 bits per heavy atom. The number of aliphatic carboxylic acids is 2. The molecule has 4 aliphatic heterocycles. The average Bonchev–Trinajstić information content (AvgIpc) is 3.08. The highest BCUT2D eigenvalue weighted by molar-refractivity contribution is 8.00. The Hall–Kier alpha value is -1.43. The molecule has 0 aliphatic carbocycles. The number of hydrogen-bond acceptors (Lipinski definition) is 21. The lowest BCUT2D eigenvalue weighted by Gasteiger charge is -2.49. The molecule has 22 nitrogen and oxygen atoms in total. The molecule has 23 heteroatoms. The van der Waals surface area contributed by atoms with Gasteiger partial charge in [0.25, 0.3) is 0 Å². The van der Waals surface area contributed by atoms with Crippen molar-refractivity contribution in [2.45, 2.75) is 121 Å². The van der Waals surface area contributed by atoms with Crippen molar-refractivity contribution in [1.29, 1.82) is 0 Å². The van der Waals surface area contributed by atoms with E-state index < -0.39 is 146 Å². The van der Waals surface area contributed by atoms with E-state index in [4.69, 9.17) is 42.6 Å². The van der Waals surface area contributed by atoms with Crippen LogP contribution in [0.3, 0.4) is 0 Å². The number of carboxylic acids is 2. The van der Waals surface area contributed by atoms with Gasteiger partial charge in [-0.3, -0.25) is 0 Å². The topological polar surface area (TPSA) is 340 Å². The van der Waals surface area contributed by atoms with Gasteiger partial charge < -0.3 is 98.8 Å². The van der Waals surface area contributed by atoms with E-state index in [0.717, 1.165) is 7.11 Å². The Balaban J connectivity index is 1.59. The molecule has 20 atom stereocenters. The van der Waals surface area contributed by atoms with Crippen molar-refractivity contribution in [3.8, 4) is 0 Å². The minimum absolute atomic E-state index is 0.426. The quantitative estimate of drug-likeness (QED) is 0.0832. The van der Waals surface area contributed by atoms with Gasteiger partial charge in [-0.25, -0.2) is 9.59 Å². The molecule has 0 bridgehead atoms. The first-order valence-corrected chi connectivity index (χ1v) is 16.2. The summed E-state index contributed by atoms with van der Waals surface area (Å²) < 4.78 is 48.6. The van der Waals surface area contributed by atoms with Gasteiger partial charge in [-0.15, -0.1) is 11.8 Å². The van der Waals surface area contributed by atoms with Crippen molar-refractivity contribution in [1.82, 2.24) is 0 Å². The number of thioether (sulfide) groups is 1. The van der Waals surface area contributed by atoms with E-state index in [1.54, 1.807) is 0 Å². The van der Waals surface area contributed by atoms with Crippen LogP contribution in [0.1, 0.15) is 0 Å². The minimum atomic E-state index is -2.08. The molecule has 4 heterocycles. The van der Waals surface area contributed by atoms with Crippen LogP contribution >= 0.6 is 11.8 Å². The van der Waals surface area contributed by atoms with Gasteiger partial charge in [0.05, 0.1) is 18.5 Å². The van der Waals surface area contributed by atoms with Crippen LogP contribution in [0, 0.1) is 0 Å². The number of aliphatic hydroxyl groups is 9. The van der Waals surface area contributed by atoms with E-state index in [1.165, 1.54) is 14.2 Å². The molecule has 4 aliphatic rings. The summed E-state index contributed by atoms with van der Waals surface area (Å²) in [7, 11) is 3.52. The largest absolute Gasteiger partial charge is 0.479 e. The Morgan fingerprint density at radius 3 is 1.56 bits per heavy atom. The molecule has 290 valence electrons. The molecule has 0 radical (unpaired) electrons. The van der Waals surface area contributed by atoms with Crippen LogP contribution in [0.5, 0.6) is 0 Å². The average molecular weight is 753 g/mol. The van der Waals surface area contributed by atoms with Crippen molar-refractivity contribution in [2.75, 3.05) is 34.5 Å². The molecule has 0 aromatic heterocycles. The van der Waals surface area contributed by atoms with E-state index in [-0.39, 0.29) is 0 Å². The van der Waals surface area contributed by atoms with Gasteiger partial charge in [0.1, 0.15) is 84.8 Å². The lowest BCUT2D eigenvalue weighted by molar-refractivity contribution is -0.346. The second kappa shape index (κ2) is 17.6. The van der Waals surface area contributed by atoms with Gasteiger partial charge in [-0.2, -0.15) is 0 Å². The molecular formula is C27H44O22S. The molecule has 4 saturated heterocycles. The van der Waals surface area contributed by atoms with Gasteiger partial charge in [0.15, 0.2) is 31.1 Å². The fraction of sp³-hybridized carbons (Fsp3) is 0.926. The van der Waals surface area contributed by atoms with Crippen LogP contribution in [0.2, 0.25) is 0 Å². The van der Waals surface area contributed by atoms with Gasteiger partial charge in [0, 0.05) is 21.3 Å². The normalized spacial score (nSPS) is 48.6. The number of methoxy groups -OCH3 is 3. The number of rotatable bonds is 13. The standard InChI is InChI=1S/C27H44O22S/c1-41-15-10(32)18(22(37)38)48-24(12(15)34)46-16-8(30)7(5-29)45-27(13(16)35)50-21-11(33)19(23(39)40)49-25(14(21)36)47-17-9(31)6(4-28)44-26(43-3)20(17)42-2/h6-21,24-36H,4-5H2,1-3H3,(H,37,38)(H,39,40). The van der Waals surface area contributed by atoms with Crippen LogP contribution in [-0.4, -0.2) is 224 Å². The molecule has 0 saturated carbocycles. The molecule has 20 unspecified atom stereocenters. The third kappa shape index (κ3) is 8.20. The molecule has 0 spiro atoms. The molecule has 4 fully saturated rings. The van der Waals surface area contributed by atoms with Crippen LogP contribution in [-0.2, 0) is 52.2 Å². The summed E-state index contributed by atoms with van der Waals surface area (Å²) in [4.78, 5) is 23.8. The lowest BCUT2D eigenvalue weighted by atomic mass is 9.97. The van der Waals surface area contributed by atoms with Crippen LogP contribution in [0.15, 0.2) is 0 Å². The highest BCUT2D eigenvalue weighted by Crippen LogP contribution is 2.40. The third-order valence-corrected chi connectivity index (χ3v) is 10.4. The molecule has 11 N–H and O–H groups in total. The minimum Gasteiger partial charge on any atom is -0.479 e. The fourth-order valence-corrected chi connectivity index (χ4v) is 7.59. The van der Waals surface area contributed by atoms with Gasteiger partial charge in [0.2, 0.25) is 0 Å².